The fourth-order valence-corrected chi connectivity index (χ4v) is 3.61. The number of benzene rings is 2. The van der Waals surface area contributed by atoms with Crippen LogP contribution < -0.4 is 0 Å². The molecule has 4 aromatic rings. The molecular formula is C27H27N3O. The summed E-state index contributed by atoms with van der Waals surface area (Å²) in [7, 11) is 0. The molecule has 2 aromatic carbocycles. The van der Waals surface area contributed by atoms with Gasteiger partial charge in [0.25, 0.3) is 0 Å². The Labute approximate surface area is 183 Å². The molecule has 0 saturated carbocycles. The minimum atomic E-state index is 0.109. The van der Waals surface area contributed by atoms with Crippen molar-refractivity contribution in [2.75, 3.05) is 0 Å². The van der Waals surface area contributed by atoms with E-state index < -0.39 is 0 Å². The normalized spacial score (nSPS) is 11.5. The number of carbonyl (C=O) groups excluding carboxylic acids is 1. The lowest BCUT2D eigenvalue weighted by Crippen LogP contribution is -2.11. The Hall–Kier alpha value is -3.53. The minimum Gasteiger partial charge on any atom is -0.296 e. The topological polar surface area (TPSA) is 47.8 Å². The molecule has 0 amide bonds. The highest BCUT2D eigenvalue weighted by molar-refractivity contribution is 5.72. The summed E-state index contributed by atoms with van der Waals surface area (Å²) in [6.07, 6.45) is 3.61. The number of hydrogen-bond acceptors (Lipinski definition) is 3. The molecular weight excluding hydrogens is 382 g/mol. The van der Waals surface area contributed by atoms with Crippen LogP contribution in [-0.2, 0) is 11.8 Å². The number of nitrogens with zero attached hydrogens (tertiary/aromatic N) is 3. The van der Waals surface area contributed by atoms with E-state index in [9.17, 15) is 4.79 Å². The summed E-state index contributed by atoms with van der Waals surface area (Å²) in [5.74, 6) is 0. The van der Waals surface area contributed by atoms with Crippen LogP contribution in [0.4, 0.5) is 0 Å². The van der Waals surface area contributed by atoms with Gasteiger partial charge >= 0.3 is 0 Å². The molecule has 31 heavy (non-hydrogen) atoms. The maximum absolute atomic E-state index is 10.9. The average molecular weight is 410 g/mol. The molecule has 4 rings (SSSR count). The van der Waals surface area contributed by atoms with Crippen LogP contribution in [0.3, 0.4) is 0 Å². The number of pyridine rings is 1. The van der Waals surface area contributed by atoms with Crippen molar-refractivity contribution in [2.24, 2.45) is 0 Å². The van der Waals surface area contributed by atoms with Gasteiger partial charge in [0, 0.05) is 17.5 Å². The number of aryl methyl sites for hydroxylation is 1. The standard InChI is InChI=1S/C27H27N3O/c1-19-15-24(18-31)29-30(19)25-12-7-21(8-13-25)16-20-5-9-22(10-6-20)26-14-11-23(17-28-26)27(2,3)4/h5-15,17-18H,16H2,1-4H3. The Kier molecular flexibility index (Phi) is 5.55. The first kappa shape index (κ1) is 20.7. The molecule has 0 N–H and O–H groups in total. The molecule has 0 saturated heterocycles. The first-order valence-corrected chi connectivity index (χ1v) is 10.5. The van der Waals surface area contributed by atoms with Gasteiger partial charge < -0.3 is 0 Å². The van der Waals surface area contributed by atoms with Crippen LogP contribution in [0.5, 0.6) is 0 Å². The van der Waals surface area contributed by atoms with Gasteiger partial charge in [-0.2, -0.15) is 5.10 Å². The van der Waals surface area contributed by atoms with E-state index in [-0.39, 0.29) is 5.41 Å². The summed E-state index contributed by atoms with van der Waals surface area (Å²) < 4.78 is 1.79. The summed E-state index contributed by atoms with van der Waals surface area (Å²) in [4.78, 5) is 15.6. The molecule has 2 heterocycles. The summed E-state index contributed by atoms with van der Waals surface area (Å²) in [5.41, 5.74) is 8.29. The number of rotatable bonds is 5. The average Bonchev–Trinajstić information content (AvgIpc) is 3.15. The molecule has 0 atom stereocenters. The van der Waals surface area contributed by atoms with Crippen LogP contribution >= 0.6 is 0 Å². The maximum Gasteiger partial charge on any atom is 0.170 e. The second-order valence-corrected chi connectivity index (χ2v) is 8.96. The maximum atomic E-state index is 10.9. The van der Waals surface area contributed by atoms with E-state index in [2.05, 4.69) is 79.4 Å². The van der Waals surface area contributed by atoms with E-state index >= 15 is 0 Å². The monoisotopic (exact) mass is 409 g/mol. The van der Waals surface area contributed by atoms with Crippen molar-refractivity contribution < 1.29 is 4.79 Å². The smallest absolute Gasteiger partial charge is 0.170 e. The van der Waals surface area contributed by atoms with Gasteiger partial charge in [-0.1, -0.05) is 63.2 Å². The van der Waals surface area contributed by atoms with Crippen molar-refractivity contribution in [3.63, 3.8) is 0 Å². The van der Waals surface area contributed by atoms with Crippen molar-refractivity contribution in [3.05, 3.63) is 101 Å². The molecule has 0 bridgehead atoms. The lowest BCUT2D eigenvalue weighted by Gasteiger charge is -2.18. The van der Waals surface area contributed by atoms with Crippen LogP contribution in [0.15, 0.2) is 72.9 Å². The van der Waals surface area contributed by atoms with E-state index in [1.54, 1.807) is 10.7 Å². The third-order valence-corrected chi connectivity index (χ3v) is 5.50. The Morgan fingerprint density at radius 2 is 1.55 bits per heavy atom. The summed E-state index contributed by atoms with van der Waals surface area (Å²) >= 11 is 0. The first-order valence-electron chi connectivity index (χ1n) is 10.5. The van der Waals surface area contributed by atoms with Crippen molar-refractivity contribution in [1.82, 2.24) is 14.8 Å². The van der Waals surface area contributed by atoms with Crippen molar-refractivity contribution >= 4 is 6.29 Å². The van der Waals surface area contributed by atoms with Crippen molar-refractivity contribution in [2.45, 2.75) is 39.5 Å². The third-order valence-electron chi connectivity index (χ3n) is 5.50. The molecule has 0 aliphatic heterocycles. The first-order chi connectivity index (χ1) is 14.8. The summed E-state index contributed by atoms with van der Waals surface area (Å²) in [5, 5.41) is 4.31. The Bertz CT molecular complexity index is 1180. The summed E-state index contributed by atoms with van der Waals surface area (Å²) in [6, 6.07) is 22.9. The molecule has 4 heteroatoms. The molecule has 4 nitrogen and oxygen atoms in total. The Balaban J connectivity index is 1.46. The third kappa shape index (κ3) is 4.64. The zero-order valence-corrected chi connectivity index (χ0v) is 18.5. The van der Waals surface area contributed by atoms with Crippen molar-refractivity contribution in [1.29, 1.82) is 0 Å². The van der Waals surface area contributed by atoms with Gasteiger partial charge in [-0.15, -0.1) is 0 Å². The number of hydrogen-bond donors (Lipinski definition) is 0. The van der Waals surface area contributed by atoms with Gasteiger partial charge in [0.2, 0.25) is 0 Å². The van der Waals surface area contributed by atoms with Gasteiger partial charge in [0.1, 0.15) is 5.69 Å². The molecule has 0 radical (unpaired) electrons. The predicted molar refractivity (Wildman–Crippen MR) is 125 cm³/mol. The van der Waals surface area contributed by atoms with E-state index in [1.807, 2.05) is 25.3 Å². The van der Waals surface area contributed by atoms with Gasteiger partial charge in [0.05, 0.1) is 11.4 Å². The van der Waals surface area contributed by atoms with E-state index in [0.717, 1.165) is 35.3 Å². The fraction of sp³-hybridized carbons (Fsp3) is 0.222. The van der Waals surface area contributed by atoms with Crippen LogP contribution in [0.1, 0.15) is 53.6 Å². The van der Waals surface area contributed by atoms with E-state index in [4.69, 9.17) is 0 Å². The van der Waals surface area contributed by atoms with Gasteiger partial charge in [-0.05, 0) is 59.7 Å². The van der Waals surface area contributed by atoms with Crippen LogP contribution in [0.2, 0.25) is 0 Å². The van der Waals surface area contributed by atoms with Crippen LogP contribution in [-0.4, -0.2) is 21.1 Å². The second-order valence-electron chi connectivity index (χ2n) is 8.96. The zero-order valence-electron chi connectivity index (χ0n) is 18.5. The van der Waals surface area contributed by atoms with Gasteiger partial charge in [-0.25, -0.2) is 4.68 Å². The lowest BCUT2D eigenvalue weighted by atomic mass is 9.88. The second kappa shape index (κ2) is 8.31. The molecule has 156 valence electrons. The molecule has 0 aliphatic carbocycles. The number of aromatic nitrogens is 3. The zero-order chi connectivity index (χ0) is 22.0. The van der Waals surface area contributed by atoms with E-state index in [0.29, 0.717) is 5.69 Å². The molecule has 0 unspecified atom stereocenters. The van der Waals surface area contributed by atoms with Crippen molar-refractivity contribution in [3.8, 4) is 16.9 Å². The number of aldehydes is 1. The largest absolute Gasteiger partial charge is 0.296 e. The highest BCUT2D eigenvalue weighted by atomic mass is 16.1. The molecule has 2 aromatic heterocycles. The van der Waals surface area contributed by atoms with E-state index in [1.165, 1.54) is 16.7 Å². The van der Waals surface area contributed by atoms with Gasteiger partial charge in [0.15, 0.2) is 6.29 Å². The highest BCUT2D eigenvalue weighted by Crippen LogP contribution is 2.25. The van der Waals surface area contributed by atoms with Crippen LogP contribution in [0, 0.1) is 6.92 Å². The fourth-order valence-electron chi connectivity index (χ4n) is 3.61. The minimum absolute atomic E-state index is 0.109. The lowest BCUT2D eigenvalue weighted by molar-refractivity contribution is 0.111. The SMILES string of the molecule is Cc1cc(C=O)nn1-c1ccc(Cc2ccc(-c3ccc(C(C)(C)C)cn3)cc2)cc1. The highest BCUT2D eigenvalue weighted by Gasteiger charge is 2.14. The molecule has 0 spiro atoms. The Morgan fingerprint density at radius 3 is 2.06 bits per heavy atom. The predicted octanol–water partition coefficient (Wildman–Crippen LogP) is 5.94. The van der Waals surface area contributed by atoms with Crippen LogP contribution in [0.25, 0.3) is 16.9 Å². The molecule has 0 aliphatic rings. The molecule has 0 fully saturated rings. The quantitative estimate of drug-likeness (QED) is 0.383. The number of carbonyl (C=O) groups is 1. The van der Waals surface area contributed by atoms with Gasteiger partial charge in [-0.3, -0.25) is 9.78 Å². The summed E-state index contributed by atoms with van der Waals surface area (Å²) in [6.45, 7) is 8.54. The Morgan fingerprint density at radius 1 is 0.903 bits per heavy atom.